The molecule has 1 aromatic carbocycles. The van der Waals surface area contributed by atoms with Crippen molar-refractivity contribution in [2.45, 2.75) is 26.8 Å². The second kappa shape index (κ2) is 5.97. The molecule has 1 heterocycles. The minimum absolute atomic E-state index is 0.0240. The highest BCUT2D eigenvalue weighted by Crippen LogP contribution is 2.27. The molecule has 2 rings (SSSR count). The van der Waals surface area contributed by atoms with Crippen molar-refractivity contribution in [1.82, 2.24) is 9.78 Å². The van der Waals surface area contributed by atoms with Gasteiger partial charge in [0, 0.05) is 0 Å². The fourth-order valence-corrected chi connectivity index (χ4v) is 2.48. The second-order valence-electron chi connectivity index (χ2n) is 5.01. The summed E-state index contributed by atoms with van der Waals surface area (Å²) in [6.45, 7) is 5.15. The monoisotopic (exact) mass is 303 g/mol. The summed E-state index contributed by atoms with van der Waals surface area (Å²) in [4.78, 5) is 22.3. The van der Waals surface area contributed by atoms with Crippen molar-refractivity contribution in [3.8, 4) is 0 Å². The smallest absolute Gasteiger partial charge is 0.337 e. The topological polar surface area (TPSA) is 87.3 Å². The van der Waals surface area contributed by atoms with Gasteiger partial charge in [-0.2, -0.15) is 5.10 Å². The van der Waals surface area contributed by atoms with Gasteiger partial charge in [-0.1, -0.05) is 12.1 Å². The number of hydrogen-bond donors (Lipinski definition) is 0. The average molecular weight is 303 g/mol. The van der Waals surface area contributed by atoms with E-state index < -0.39 is 10.9 Å². The van der Waals surface area contributed by atoms with Crippen molar-refractivity contribution in [2.24, 2.45) is 0 Å². The minimum Gasteiger partial charge on any atom is -0.465 e. The maximum atomic E-state index is 11.6. The van der Waals surface area contributed by atoms with Gasteiger partial charge >= 0.3 is 11.7 Å². The van der Waals surface area contributed by atoms with E-state index >= 15 is 0 Å². The first-order chi connectivity index (χ1) is 10.4. The number of nitro groups is 1. The van der Waals surface area contributed by atoms with Crippen LogP contribution in [0.3, 0.4) is 0 Å². The molecule has 0 saturated heterocycles. The van der Waals surface area contributed by atoms with Gasteiger partial charge in [-0.3, -0.25) is 14.8 Å². The van der Waals surface area contributed by atoms with E-state index in [2.05, 4.69) is 5.10 Å². The van der Waals surface area contributed by atoms with Gasteiger partial charge in [0.1, 0.15) is 11.4 Å². The molecule has 0 spiro atoms. The summed E-state index contributed by atoms with van der Waals surface area (Å²) in [6, 6.07) is 6.72. The molecule has 22 heavy (non-hydrogen) atoms. The summed E-state index contributed by atoms with van der Waals surface area (Å²) >= 11 is 0. The van der Waals surface area contributed by atoms with Crippen molar-refractivity contribution < 1.29 is 14.5 Å². The third-order valence-electron chi connectivity index (χ3n) is 3.63. The number of aromatic nitrogens is 2. The zero-order chi connectivity index (χ0) is 16.4. The van der Waals surface area contributed by atoms with Crippen LogP contribution in [0.25, 0.3) is 0 Å². The lowest BCUT2D eigenvalue weighted by molar-refractivity contribution is -0.386. The van der Waals surface area contributed by atoms with Crippen LogP contribution in [0.5, 0.6) is 0 Å². The summed E-state index contributed by atoms with van der Waals surface area (Å²) in [5, 5.41) is 15.3. The van der Waals surface area contributed by atoms with Crippen LogP contribution >= 0.6 is 0 Å². The molecule has 0 bridgehead atoms. The van der Waals surface area contributed by atoms with Gasteiger partial charge in [0.2, 0.25) is 0 Å². The number of carbonyl (C=O) groups excluding carboxylic acids is 1. The Morgan fingerprint density at radius 2 is 2.09 bits per heavy atom. The first-order valence-electron chi connectivity index (χ1n) is 6.75. The molecular formula is C15H17N3O4. The van der Waals surface area contributed by atoms with E-state index in [9.17, 15) is 14.9 Å². The summed E-state index contributed by atoms with van der Waals surface area (Å²) in [5.41, 5.74) is 2.14. The quantitative estimate of drug-likeness (QED) is 0.492. The lowest BCUT2D eigenvalue weighted by atomic mass is 10.1. The summed E-state index contributed by atoms with van der Waals surface area (Å²) < 4.78 is 6.31. The van der Waals surface area contributed by atoms with Crippen molar-refractivity contribution in [3.05, 3.63) is 56.9 Å². The van der Waals surface area contributed by atoms with Crippen LogP contribution in [0.1, 0.15) is 40.3 Å². The van der Waals surface area contributed by atoms with Crippen LogP contribution < -0.4 is 0 Å². The Morgan fingerprint density at radius 3 is 2.64 bits per heavy atom. The third kappa shape index (κ3) is 2.69. The standard InChI is InChI=1S/C15H17N3O4/c1-9-14(18(20)21)11(3)17(16-9)10(2)12-6-5-7-13(8-12)15(19)22-4/h5-8,10H,1-4H3. The lowest BCUT2D eigenvalue weighted by Gasteiger charge is -2.15. The number of hydrogen-bond acceptors (Lipinski definition) is 5. The van der Waals surface area contributed by atoms with Crippen LogP contribution in [-0.2, 0) is 4.74 Å². The predicted octanol–water partition coefficient (Wildman–Crippen LogP) is 2.80. The number of ether oxygens (including phenoxy) is 1. The molecule has 0 aliphatic heterocycles. The van der Waals surface area contributed by atoms with E-state index in [-0.39, 0.29) is 11.7 Å². The molecule has 116 valence electrons. The molecule has 0 radical (unpaired) electrons. The van der Waals surface area contributed by atoms with E-state index in [0.29, 0.717) is 17.0 Å². The van der Waals surface area contributed by atoms with Crippen molar-refractivity contribution in [2.75, 3.05) is 7.11 Å². The van der Waals surface area contributed by atoms with Gasteiger partial charge in [0.25, 0.3) is 0 Å². The number of nitrogens with zero attached hydrogens (tertiary/aromatic N) is 3. The maximum absolute atomic E-state index is 11.6. The molecular weight excluding hydrogens is 286 g/mol. The maximum Gasteiger partial charge on any atom is 0.337 e. The summed E-state index contributed by atoms with van der Waals surface area (Å²) in [7, 11) is 1.32. The van der Waals surface area contributed by atoms with Gasteiger partial charge in [-0.15, -0.1) is 0 Å². The number of rotatable bonds is 4. The van der Waals surface area contributed by atoms with Crippen molar-refractivity contribution in [1.29, 1.82) is 0 Å². The van der Waals surface area contributed by atoms with Crippen LogP contribution in [0.2, 0.25) is 0 Å². The van der Waals surface area contributed by atoms with Gasteiger partial charge in [0.15, 0.2) is 0 Å². The number of methoxy groups -OCH3 is 1. The van der Waals surface area contributed by atoms with Gasteiger partial charge in [-0.05, 0) is 38.5 Å². The fourth-order valence-electron chi connectivity index (χ4n) is 2.48. The molecule has 1 atom stereocenters. The predicted molar refractivity (Wildman–Crippen MR) is 79.9 cm³/mol. The first-order valence-corrected chi connectivity index (χ1v) is 6.75. The minimum atomic E-state index is -0.425. The number of aryl methyl sites for hydroxylation is 1. The number of carbonyl (C=O) groups is 1. The molecule has 7 heteroatoms. The molecule has 0 aliphatic carbocycles. The fraction of sp³-hybridized carbons (Fsp3) is 0.333. The highest BCUT2D eigenvalue weighted by atomic mass is 16.6. The third-order valence-corrected chi connectivity index (χ3v) is 3.63. The largest absolute Gasteiger partial charge is 0.465 e. The number of esters is 1. The highest BCUT2D eigenvalue weighted by Gasteiger charge is 2.24. The molecule has 1 aromatic heterocycles. The number of benzene rings is 1. The molecule has 1 unspecified atom stereocenters. The lowest BCUT2D eigenvalue weighted by Crippen LogP contribution is -2.12. The molecule has 0 saturated carbocycles. The van der Waals surface area contributed by atoms with Crippen molar-refractivity contribution >= 4 is 11.7 Å². The Hall–Kier alpha value is -2.70. The van der Waals surface area contributed by atoms with Gasteiger partial charge in [0.05, 0.1) is 23.6 Å². The summed E-state index contributed by atoms with van der Waals surface area (Å²) in [6.07, 6.45) is 0. The molecule has 7 nitrogen and oxygen atoms in total. The SMILES string of the molecule is COC(=O)c1cccc(C(C)n2nc(C)c([N+](=O)[O-])c2C)c1. The Morgan fingerprint density at radius 1 is 1.41 bits per heavy atom. The molecule has 0 amide bonds. The zero-order valence-corrected chi connectivity index (χ0v) is 12.9. The van der Waals surface area contributed by atoms with Gasteiger partial charge in [-0.25, -0.2) is 4.79 Å². The average Bonchev–Trinajstić information content (AvgIpc) is 2.80. The first kappa shape index (κ1) is 15.7. The van der Waals surface area contributed by atoms with Gasteiger partial charge < -0.3 is 4.74 Å². The normalized spacial score (nSPS) is 12.0. The molecule has 2 aromatic rings. The van der Waals surface area contributed by atoms with Crippen LogP contribution in [0.15, 0.2) is 24.3 Å². The van der Waals surface area contributed by atoms with E-state index in [1.807, 2.05) is 13.0 Å². The van der Waals surface area contributed by atoms with Crippen LogP contribution in [0, 0.1) is 24.0 Å². The van der Waals surface area contributed by atoms with E-state index in [4.69, 9.17) is 4.74 Å². The Balaban J connectivity index is 2.45. The molecule has 0 fully saturated rings. The van der Waals surface area contributed by atoms with E-state index in [1.165, 1.54) is 7.11 Å². The highest BCUT2D eigenvalue weighted by molar-refractivity contribution is 5.89. The summed E-state index contributed by atoms with van der Waals surface area (Å²) in [5.74, 6) is -0.423. The Labute approximate surface area is 127 Å². The van der Waals surface area contributed by atoms with Crippen LogP contribution in [0.4, 0.5) is 5.69 Å². The Bertz CT molecular complexity index is 736. The van der Waals surface area contributed by atoms with E-state index in [1.54, 1.807) is 36.7 Å². The van der Waals surface area contributed by atoms with Crippen LogP contribution in [-0.4, -0.2) is 27.8 Å². The Kier molecular flexibility index (Phi) is 4.25. The second-order valence-corrected chi connectivity index (χ2v) is 5.01. The molecule has 0 N–H and O–H groups in total. The zero-order valence-electron chi connectivity index (χ0n) is 12.9. The molecule has 0 aliphatic rings. The van der Waals surface area contributed by atoms with E-state index in [0.717, 1.165) is 5.56 Å². The van der Waals surface area contributed by atoms with Crippen molar-refractivity contribution in [3.63, 3.8) is 0 Å².